The van der Waals surface area contributed by atoms with Crippen molar-refractivity contribution in [2.24, 2.45) is 5.73 Å². The number of aromatic nitrogens is 1. The first kappa shape index (κ1) is 10.9. The zero-order valence-electron chi connectivity index (χ0n) is 9.50. The second kappa shape index (κ2) is 4.23. The average Bonchev–Trinajstić information content (AvgIpc) is 2.68. The molecular formula is C12H15N3OS. The molecule has 0 radical (unpaired) electrons. The van der Waals surface area contributed by atoms with Crippen LogP contribution in [0.15, 0.2) is 18.3 Å². The van der Waals surface area contributed by atoms with Gasteiger partial charge in [0.2, 0.25) is 0 Å². The molecule has 4 nitrogen and oxygen atoms in total. The summed E-state index contributed by atoms with van der Waals surface area (Å²) in [5.74, 6) is 0.903. The lowest BCUT2D eigenvalue weighted by Gasteiger charge is -2.33. The van der Waals surface area contributed by atoms with Gasteiger partial charge in [-0.1, -0.05) is 12.2 Å². The molecule has 2 fully saturated rings. The van der Waals surface area contributed by atoms with Gasteiger partial charge in [-0.3, -0.25) is 0 Å². The summed E-state index contributed by atoms with van der Waals surface area (Å²) in [4.78, 5) is 7.08. The molecule has 2 atom stereocenters. The van der Waals surface area contributed by atoms with Crippen molar-refractivity contribution in [1.82, 2.24) is 4.98 Å². The molecule has 1 aromatic rings. The van der Waals surface area contributed by atoms with Crippen molar-refractivity contribution in [3.05, 3.63) is 23.9 Å². The van der Waals surface area contributed by atoms with E-state index in [2.05, 4.69) is 9.88 Å². The Morgan fingerprint density at radius 1 is 1.41 bits per heavy atom. The Kier molecular flexibility index (Phi) is 2.72. The maximum absolute atomic E-state index is 5.82. The van der Waals surface area contributed by atoms with E-state index in [-0.39, 0.29) is 0 Å². The van der Waals surface area contributed by atoms with E-state index >= 15 is 0 Å². The highest BCUT2D eigenvalue weighted by Crippen LogP contribution is 2.30. The highest BCUT2D eigenvalue weighted by atomic mass is 32.1. The molecule has 3 rings (SSSR count). The van der Waals surface area contributed by atoms with E-state index in [1.807, 2.05) is 12.1 Å². The molecule has 2 bridgehead atoms. The molecule has 1 aromatic heterocycles. The van der Waals surface area contributed by atoms with E-state index in [0.29, 0.717) is 17.2 Å². The first-order valence-electron chi connectivity index (χ1n) is 5.89. The largest absolute Gasteiger partial charge is 0.389 e. The monoisotopic (exact) mass is 249 g/mol. The predicted octanol–water partition coefficient (Wildman–Crippen LogP) is 1.08. The number of fused-ring (bicyclic) bond motifs is 2. The van der Waals surface area contributed by atoms with Gasteiger partial charge in [-0.2, -0.15) is 0 Å². The molecule has 0 saturated carbocycles. The van der Waals surface area contributed by atoms with Gasteiger partial charge < -0.3 is 15.4 Å². The average molecular weight is 249 g/mol. The SMILES string of the molecule is NC(=S)c1cccnc1N1CC2CCC(C1)O2. The first-order chi connectivity index (χ1) is 8.24. The van der Waals surface area contributed by atoms with E-state index in [4.69, 9.17) is 22.7 Å². The number of hydrogen-bond acceptors (Lipinski definition) is 4. The van der Waals surface area contributed by atoms with Gasteiger partial charge in [-0.25, -0.2) is 4.98 Å². The fourth-order valence-corrected chi connectivity index (χ4v) is 2.79. The van der Waals surface area contributed by atoms with Gasteiger partial charge in [0.25, 0.3) is 0 Å². The summed E-state index contributed by atoms with van der Waals surface area (Å²) in [6.07, 6.45) is 4.77. The molecule has 0 spiro atoms. The maximum atomic E-state index is 5.82. The maximum Gasteiger partial charge on any atom is 0.138 e. The summed E-state index contributed by atoms with van der Waals surface area (Å²) in [6, 6.07) is 3.80. The van der Waals surface area contributed by atoms with E-state index in [0.717, 1.165) is 37.3 Å². The molecule has 0 aliphatic carbocycles. The molecule has 2 aliphatic rings. The van der Waals surface area contributed by atoms with Gasteiger partial charge >= 0.3 is 0 Å². The van der Waals surface area contributed by atoms with Crippen molar-refractivity contribution >= 4 is 23.0 Å². The molecule has 3 heterocycles. The number of nitrogens with zero attached hydrogens (tertiary/aromatic N) is 2. The van der Waals surface area contributed by atoms with Gasteiger partial charge in [0.1, 0.15) is 10.8 Å². The standard InChI is InChI=1S/C12H15N3OS/c13-11(17)10-2-1-5-14-12(10)15-6-8-3-4-9(7-15)16-8/h1-2,5,8-9H,3-4,6-7H2,(H2,13,17). The van der Waals surface area contributed by atoms with Gasteiger partial charge in [0, 0.05) is 19.3 Å². The molecule has 2 saturated heterocycles. The van der Waals surface area contributed by atoms with Gasteiger partial charge in [-0.15, -0.1) is 0 Å². The minimum absolute atomic E-state index is 0.343. The third-order valence-corrected chi connectivity index (χ3v) is 3.62. The van der Waals surface area contributed by atoms with Crippen molar-refractivity contribution in [3.8, 4) is 0 Å². The summed E-state index contributed by atoms with van der Waals surface area (Å²) in [6.45, 7) is 1.78. The van der Waals surface area contributed by atoms with Gasteiger partial charge in [-0.05, 0) is 25.0 Å². The summed E-state index contributed by atoms with van der Waals surface area (Å²) in [5.41, 5.74) is 6.60. The predicted molar refractivity (Wildman–Crippen MR) is 70.2 cm³/mol. The lowest BCUT2D eigenvalue weighted by molar-refractivity contribution is 0.0302. The normalized spacial score (nSPS) is 27.2. The molecule has 2 N–H and O–H groups in total. The van der Waals surface area contributed by atoms with E-state index in [9.17, 15) is 0 Å². The third-order valence-electron chi connectivity index (χ3n) is 3.40. The summed E-state index contributed by atoms with van der Waals surface area (Å²) in [5, 5.41) is 0. The molecule has 5 heteroatoms. The summed E-state index contributed by atoms with van der Waals surface area (Å²) < 4.78 is 5.82. The number of hydrogen-bond donors (Lipinski definition) is 1. The zero-order chi connectivity index (χ0) is 11.8. The van der Waals surface area contributed by atoms with Crippen LogP contribution in [-0.4, -0.2) is 35.3 Å². The molecule has 0 aromatic carbocycles. The third kappa shape index (κ3) is 2.00. The van der Waals surface area contributed by atoms with Crippen LogP contribution < -0.4 is 10.6 Å². The lowest BCUT2D eigenvalue weighted by Crippen LogP contribution is -2.43. The van der Waals surface area contributed by atoms with Crippen molar-refractivity contribution in [1.29, 1.82) is 0 Å². The van der Waals surface area contributed by atoms with Crippen LogP contribution in [0.2, 0.25) is 0 Å². The van der Waals surface area contributed by atoms with Crippen LogP contribution >= 0.6 is 12.2 Å². The summed E-state index contributed by atoms with van der Waals surface area (Å²) in [7, 11) is 0. The van der Waals surface area contributed by atoms with Crippen LogP contribution in [0.25, 0.3) is 0 Å². The minimum atomic E-state index is 0.343. The number of pyridine rings is 1. The number of thiocarbonyl (C=S) groups is 1. The second-order valence-electron chi connectivity index (χ2n) is 4.60. The van der Waals surface area contributed by atoms with Crippen molar-refractivity contribution < 1.29 is 4.74 Å². The molecule has 90 valence electrons. The molecule has 17 heavy (non-hydrogen) atoms. The Bertz CT molecular complexity index is 439. The van der Waals surface area contributed by atoms with Gasteiger partial charge in [0.15, 0.2) is 0 Å². The highest BCUT2D eigenvalue weighted by molar-refractivity contribution is 7.80. The molecule has 0 amide bonds. The number of ether oxygens (including phenoxy) is 1. The van der Waals surface area contributed by atoms with Crippen LogP contribution in [-0.2, 0) is 4.74 Å². The van der Waals surface area contributed by atoms with Crippen molar-refractivity contribution in [3.63, 3.8) is 0 Å². The van der Waals surface area contributed by atoms with E-state index < -0.39 is 0 Å². The Morgan fingerprint density at radius 2 is 2.12 bits per heavy atom. The fourth-order valence-electron chi connectivity index (χ4n) is 2.63. The van der Waals surface area contributed by atoms with Gasteiger partial charge in [0.05, 0.1) is 17.8 Å². The molecular weight excluding hydrogens is 234 g/mol. The highest BCUT2D eigenvalue weighted by Gasteiger charge is 2.34. The molecule has 2 unspecified atom stereocenters. The zero-order valence-corrected chi connectivity index (χ0v) is 10.3. The smallest absolute Gasteiger partial charge is 0.138 e. The van der Waals surface area contributed by atoms with Crippen LogP contribution in [0.3, 0.4) is 0 Å². The Labute approximate surface area is 106 Å². The molecule has 2 aliphatic heterocycles. The van der Waals surface area contributed by atoms with Crippen LogP contribution in [0.1, 0.15) is 18.4 Å². The van der Waals surface area contributed by atoms with E-state index in [1.165, 1.54) is 0 Å². The Hall–Kier alpha value is -1.20. The van der Waals surface area contributed by atoms with Crippen LogP contribution in [0.5, 0.6) is 0 Å². The lowest BCUT2D eigenvalue weighted by atomic mass is 10.2. The Balaban J connectivity index is 1.91. The van der Waals surface area contributed by atoms with Crippen molar-refractivity contribution in [2.75, 3.05) is 18.0 Å². The number of anilines is 1. The topological polar surface area (TPSA) is 51.4 Å². The second-order valence-corrected chi connectivity index (χ2v) is 5.04. The van der Waals surface area contributed by atoms with E-state index in [1.54, 1.807) is 6.20 Å². The first-order valence-corrected chi connectivity index (χ1v) is 6.30. The van der Waals surface area contributed by atoms with Crippen LogP contribution in [0.4, 0.5) is 5.82 Å². The fraction of sp³-hybridized carbons (Fsp3) is 0.500. The van der Waals surface area contributed by atoms with Crippen molar-refractivity contribution in [2.45, 2.75) is 25.0 Å². The number of rotatable bonds is 2. The quantitative estimate of drug-likeness (QED) is 0.795. The summed E-state index contributed by atoms with van der Waals surface area (Å²) >= 11 is 5.07. The minimum Gasteiger partial charge on any atom is -0.389 e. The Morgan fingerprint density at radius 3 is 2.76 bits per heavy atom. The number of morpholine rings is 1. The number of nitrogens with two attached hydrogens (primary N) is 1. The van der Waals surface area contributed by atoms with Crippen LogP contribution in [0, 0.1) is 0 Å².